The van der Waals surface area contributed by atoms with Crippen LogP contribution >= 0.6 is 18.9 Å². The summed E-state index contributed by atoms with van der Waals surface area (Å²) < 4.78 is 5.19. The highest BCUT2D eigenvalue weighted by Gasteiger charge is 2.05. The molecule has 0 aliphatic carbocycles. The summed E-state index contributed by atoms with van der Waals surface area (Å²) in [6, 6.07) is 2.01. The van der Waals surface area contributed by atoms with Gasteiger partial charge >= 0.3 is 0 Å². The molecule has 3 nitrogen and oxygen atoms in total. The molecule has 0 aromatic rings. The summed E-state index contributed by atoms with van der Waals surface area (Å²) >= 11 is 5.87. The molecule has 82 valence electrons. The molecular weight excluding hydrogens is 219 g/mol. The van der Waals surface area contributed by atoms with Crippen LogP contribution in [0, 0.1) is 17.2 Å². The Bertz CT molecular complexity index is 175. The van der Waals surface area contributed by atoms with Gasteiger partial charge in [-0.05, 0) is 23.6 Å². The van der Waals surface area contributed by atoms with Crippen LogP contribution in [0.5, 0.6) is 0 Å². The molecule has 0 heterocycles. The third kappa shape index (κ3) is 8.72. The fourth-order valence-electron chi connectivity index (χ4n) is 0.820. The molecule has 0 aliphatic rings. The van der Waals surface area contributed by atoms with Crippen molar-refractivity contribution >= 4 is 18.9 Å². The zero-order valence-electron chi connectivity index (χ0n) is 8.79. The predicted octanol–water partition coefficient (Wildman–Crippen LogP) is 3.41. The lowest BCUT2D eigenvalue weighted by Crippen LogP contribution is -2.11. The van der Waals surface area contributed by atoms with Gasteiger partial charge in [0, 0.05) is 6.54 Å². The lowest BCUT2D eigenvalue weighted by molar-refractivity contribution is 0.363. The number of halogens is 1. The van der Waals surface area contributed by atoms with Gasteiger partial charge in [0.05, 0.1) is 19.1 Å². The minimum absolute atomic E-state index is 0.401. The monoisotopic (exact) mass is 236 g/mol. The molecule has 0 amide bonds. The standard InChI is InChI=1S/C9H18ClN2OP/c1-3-9(2)5-7-12-14(10)13-8-4-6-11/h9,12H,3-5,7-8H2,1-2H3. The Labute approximate surface area is 92.5 Å². The second-order valence-corrected chi connectivity index (χ2v) is 5.18. The maximum absolute atomic E-state index is 8.27. The number of nitrogens with zero attached hydrogens (tertiary/aromatic N) is 1. The third-order valence-corrected chi connectivity index (χ3v) is 3.52. The van der Waals surface area contributed by atoms with Crippen molar-refractivity contribution < 1.29 is 4.52 Å². The van der Waals surface area contributed by atoms with Gasteiger partial charge in [-0.3, -0.25) is 5.09 Å². The summed E-state index contributed by atoms with van der Waals surface area (Å²) in [5, 5.41) is 11.4. The number of hydrogen-bond donors (Lipinski definition) is 1. The summed E-state index contributed by atoms with van der Waals surface area (Å²) in [5.74, 6) is 0.724. The van der Waals surface area contributed by atoms with E-state index in [0.29, 0.717) is 13.0 Å². The average Bonchev–Trinajstić information content (AvgIpc) is 2.18. The summed E-state index contributed by atoms with van der Waals surface area (Å²) in [6.07, 6.45) is 2.71. The lowest BCUT2D eigenvalue weighted by atomic mass is 10.1. The van der Waals surface area contributed by atoms with Crippen LogP contribution in [0.4, 0.5) is 0 Å². The summed E-state index contributed by atoms with van der Waals surface area (Å²) in [4.78, 5) is 0. The van der Waals surface area contributed by atoms with Gasteiger partial charge < -0.3 is 4.52 Å². The van der Waals surface area contributed by atoms with E-state index in [-0.39, 0.29) is 0 Å². The van der Waals surface area contributed by atoms with Gasteiger partial charge in [0.1, 0.15) is 0 Å². The maximum atomic E-state index is 8.27. The second-order valence-electron chi connectivity index (χ2n) is 3.20. The fraction of sp³-hybridized carbons (Fsp3) is 0.889. The van der Waals surface area contributed by atoms with Crippen LogP contribution < -0.4 is 5.09 Å². The summed E-state index contributed by atoms with van der Waals surface area (Å²) in [6.45, 7) is 5.70. The Hall–Kier alpha value is 0.130. The molecule has 5 heteroatoms. The van der Waals surface area contributed by atoms with Crippen molar-refractivity contribution in [2.75, 3.05) is 13.2 Å². The third-order valence-electron chi connectivity index (χ3n) is 1.99. The number of nitrogens with one attached hydrogen (secondary N) is 1. The molecule has 0 saturated carbocycles. The Morgan fingerprint density at radius 1 is 1.64 bits per heavy atom. The molecule has 0 bridgehead atoms. The lowest BCUT2D eigenvalue weighted by Gasteiger charge is -2.12. The van der Waals surface area contributed by atoms with Gasteiger partial charge in [-0.15, -0.1) is 0 Å². The summed E-state index contributed by atoms with van der Waals surface area (Å²) in [5.41, 5.74) is 0. The minimum Gasteiger partial charge on any atom is -0.331 e. The smallest absolute Gasteiger partial charge is 0.203 e. The quantitative estimate of drug-likeness (QED) is 0.519. The Morgan fingerprint density at radius 3 is 2.93 bits per heavy atom. The van der Waals surface area contributed by atoms with Crippen molar-refractivity contribution in [3.8, 4) is 6.07 Å². The zero-order valence-corrected chi connectivity index (χ0v) is 10.4. The second kappa shape index (κ2) is 9.68. The van der Waals surface area contributed by atoms with E-state index in [1.807, 2.05) is 6.07 Å². The Balaban J connectivity index is 3.27. The molecule has 14 heavy (non-hydrogen) atoms. The topological polar surface area (TPSA) is 45.0 Å². The first-order valence-corrected chi connectivity index (χ1v) is 7.06. The van der Waals surface area contributed by atoms with Gasteiger partial charge in [0.15, 0.2) is 0 Å². The van der Waals surface area contributed by atoms with Gasteiger partial charge in [0.25, 0.3) is 0 Å². The first-order chi connectivity index (χ1) is 6.70. The normalized spacial score (nSPS) is 14.7. The first-order valence-electron chi connectivity index (χ1n) is 4.90. The van der Waals surface area contributed by atoms with Crippen LogP contribution in [0.2, 0.25) is 0 Å². The van der Waals surface area contributed by atoms with E-state index in [0.717, 1.165) is 18.9 Å². The van der Waals surface area contributed by atoms with Crippen LogP contribution in [0.3, 0.4) is 0 Å². The molecule has 1 N–H and O–H groups in total. The van der Waals surface area contributed by atoms with E-state index in [1.165, 1.54) is 6.42 Å². The molecule has 0 rings (SSSR count). The highest BCUT2D eigenvalue weighted by atomic mass is 35.7. The van der Waals surface area contributed by atoms with Crippen LogP contribution in [-0.2, 0) is 4.52 Å². The maximum Gasteiger partial charge on any atom is 0.203 e. The zero-order chi connectivity index (χ0) is 10.8. The Kier molecular flexibility index (Phi) is 9.77. The molecule has 0 saturated heterocycles. The van der Waals surface area contributed by atoms with Crippen molar-refractivity contribution in [3.05, 3.63) is 0 Å². The van der Waals surface area contributed by atoms with Crippen LogP contribution in [0.15, 0.2) is 0 Å². The molecule has 2 unspecified atom stereocenters. The van der Waals surface area contributed by atoms with E-state index in [2.05, 4.69) is 18.9 Å². The first kappa shape index (κ1) is 14.1. The summed E-state index contributed by atoms with van der Waals surface area (Å²) in [7, 11) is -1.06. The minimum atomic E-state index is -1.06. The highest BCUT2D eigenvalue weighted by Crippen LogP contribution is 2.37. The molecule has 0 fully saturated rings. The fourth-order valence-corrected chi connectivity index (χ4v) is 1.93. The van der Waals surface area contributed by atoms with Crippen molar-refractivity contribution in [1.29, 1.82) is 5.26 Å². The van der Waals surface area contributed by atoms with Gasteiger partial charge in [0.2, 0.25) is 7.65 Å². The van der Waals surface area contributed by atoms with Crippen LogP contribution in [-0.4, -0.2) is 13.2 Å². The van der Waals surface area contributed by atoms with Crippen molar-refractivity contribution in [2.24, 2.45) is 5.92 Å². The molecule has 0 aromatic heterocycles. The van der Waals surface area contributed by atoms with Crippen molar-refractivity contribution in [1.82, 2.24) is 5.09 Å². The average molecular weight is 237 g/mol. The van der Waals surface area contributed by atoms with Crippen molar-refractivity contribution in [3.63, 3.8) is 0 Å². The molecule has 2 atom stereocenters. The number of rotatable bonds is 8. The predicted molar refractivity (Wildman–Crippen MR) is 61.0 cm³/mol. The molecule has 0 aliphatic heterocycles. The molecular formula is C9H18ClN2OP. The molecule has 0 spiro atoms. The van der Waals surface area contributed by atoms with E-state index < -0.39 is 7.65 Å². The van der Waals surface area contributed by atoms with Gasteiger partial charge in [-0.2, -0.15) is 5.26 Å². The van der Waals surface area contributed by atoms with E-state index in [1.54, 1.807) is 0 Å². The van der Waals surface area contributed by atoms with E-state index in [9.17, 15) is 0 Å². The SMILES string of the molecule is CCC(C)CCNP(Cl)OCCC#N. The van der Waals surface area contributed by atoms with Gasteiger partial charge in [-0.1, -0.05) is 20.3 Å². The van der Waals surface area contributed by atoms with Crippen molar-refractivity contribution in [2.45, 2.75) is 33.1 Å². The molecule has 0 radical (unpaired) electrons. The van der Waals surface area contributed by atoms with Gasteiger partial charge in [-0.25, -0.2) is 0 Å². The van der Waals surface area contributed by atoms with E-state index >= 15 is 0 Å². The van der Waals surface area contributed by atoms with Crippen LogP contribution in [0.25, 0.3) is 0 Å². The number of hydrogen-bond acceptors (Lipinski definition) is 3. The largest absolute Gasteiger partial charge is 0.331 e. The molecule has 0 aromatic carbocycles. The highest BCUT2D eigenvalue weighted by molar-refractivity contribution is 7.78. The van der Waals surface area contributed by atoms with Crippen LogP contribution in [0.1, 0.15) is 33.1 Å². The van der Waals surface area contributed by atoms with E-state index in [4.69, 9.17) is 21.0 Å². The Morgan fingerprint density at radius 2 is 2.36 bits per heavy atom. The number of nitriles is 1.